The van der Waals surface area contributed by atoms with E-state index in [4.69, 9.17) is 9.79 Å². The highest BCUT2D eigenvalue weighted by molar-refractivity contribution is 8.51. The fourth-order valence-electron chi connectivity index (χ4n) is 0.628. The van der Waals surface area contributed by atoms with E-state index in [-0.39, 0.29) is 0 Å². The van der Waals surface area contributed by atoms with E-state index < -0.39 is 6.92 Å². The van der Waals surface area contributed by atoms with Crippen LogP contribution in [0.15, 0.2) is 30.3 Å². The molecule has 0 aromatic heterocycles. The van der Waals surface area contributed by atoms with Crippen LogP contribution in [0.5, 0.6) is 0 Å². The number of benzene rings is 1. The lowest BCUT2D eigenvalue weighted by Gasteiger charge is -2.01. The van der Waals surface area contributed by atoms with E-state index in [9.17, 15) is 0 Å². The third-order valence-corrected chi connectivity index (χ3v) is 2.79. The van der Waals surface area contributed by atoms with E-state index >= 15 is 0 Å². The molecular weight excluding hydrogens is 167 g/mol. The monoisotopic (exact) mass is 175 g/mol. The Morgan fingerprint density at radius 2 is 1.60 bits per heavy atom. The second-order valence-corrected chi connectivity index (χ2v) is 5.23. The van der Waals surface area contributed by atoms with Gasteiger partial charge in [0.25, 0.3) is 0 Å². The maximum absolute atomic E-state index is 9.02. The van der Waals surface area contributed by atoms with E-state index in [1.165, 1.54) is 0 Å². The Bertz CT molecular complexity index is 207. The molecule has 0 spiro atoms. The van der Waals surface area contributed by atoms with Crippen LogP contribution in [0.4, 0.5) is 0 Å². The number of rotatable bonds is 1. The van der Waals surface area contributed by atoms with Gasteiger partial charge in [0.15, 0.2) is 5.30 Å². The lowest BCUT2D eigenvalue weighted by atomic mass is 10.4. The SMILES string of the molecule is O[P+](O)(S)c1ccccc1. The highest BCUT2D eigenvalue weighted by Crippen LogP contribution is 2.53. The van der Waals surface area contributed by atoms with Gasteiger partial charge >= 0.3 is 6.92 Å². The summed E-state index contributed by atoms with van der Waals surface area (Å²) in [6.07, 6.45) is 0. The van der Waals surface area contributed by atoms with Gasteiger partial charge in [0.1, 0.15) is 0 Å². The summed E-state index contributed by atoms with van der Waals surface area (Å²) in [5.74, 6) is 0. The molecule has 0 unspecified atom stereocenters. The molecule has 4 heteroatoms. The van der Waals surface area contributed by atoms with Gasteiger partial charge in [-0.2, -0.15) is 0 Å². The van der Waals surface area contributed by atoms with E-state index in [0.717, 1.165) is 0 Å². The number of hydrogen-bond acceptors (Lipinski definition) is 3. The van der Waals surface area contributed by atoms with Crippen LogP contribution >= 0.6 is 19.2 Å². The molecule has 0 radical (unpaired) electrons. The van der Waals surface area contributed by atoms with Crippen LogP contribution in [0, 0.1) is 0 Å². The zero-order chi connectivity index (χ0) is 7.61. The second-order valence-electron chi connectivity index (χ2n) is 1.90. The first-order chi connectivity index (χ1) is 4.61. The number of thiol groups is 1. The van der Waals surface area contributed by atoms with Gasteiger partial charge in [-0.05, 0) is 12.1 Å². The summed E-state index contributed by atoms with van der Waals surface area (Å²) in [4.78, 5) is 18.0. The molecule has 10 heavy (non-hydrogen) atoms. The van der Waals surface area contributed by atoms with E-state index in [2.05, 4.69) is 12.2 Å². The maximum Gasteiger partial charge on any atom is 0.357 e. The van der Waals surface area contributed by atoms with Crippen molar-refractivity contribution in [2.24, 2.45) is 0 Å². The van der Waals surface area contributed by atoms with Crippen molar-refractivity contribution in [3.8, 4) is 0 Å². The fraction of sp³-hybridized carbons (Fsp3) is 0. The van der Waals surface area contributed by atoms with Gasteiger partial charge in [-0.1, -0.05) is 18.2 Å². The molecule has 0 heterocycles. The Labute approximate surface area is 65.2 Å². The third-order valence-electron chi connectivity index (χ3n) is 1.10. The van der Waals surface area contributed by atoms with Gasteiger partial charge in [-0.15, -0.1) is 0 Å². The predicted molar refractivity (Wildman–Crippen MR) is 46.4 cm³/mol. The zero-order valence-corrected chi connectivity index (χ0v) is 6.96. The summed E-state index contributed by atoms with van der Waals surface area (Å²) >= 11 is 3.67. The van der Waals surface area contributed by atoms with Crippen molar-refractivity contribution in [1.29, 1.82) is 0 Å². The molecule has 2 N–H and O–H groups in total. The standard InChI is InChI=1S/C6H8O2PS/c7-9(8,10)6-4-2-1-3-5-6/h1-5,7-8,10H/q+1. The summed E-state index contributed by atoms with van der Waals surface area (Å²) in [5, 5.41) is 0.485. The molecule has 54 valence electrons. The average Bonchev–Trinajstić information content (AvgIpc) is 1.88. The van der Waals surface area contributed by atoms with Crippen molar-refractivity contribution in [2.75, 3.05) is 0 Å². The van der Waals surface area contributed by atoms with Gasteiger partial charge < -0.3 is 0 Å². The summed E-state index contributed by atoms with van der Waals surface area (Å²) in [6.45, 7) is -3.07. The summed E-state index contributed by atoms with van der Waals surface area (Å²) in [7, 11) is 0. The second kappa shape index (κ2) is 2.89. The first-order valence-corrected chi connectivity index (χ1v) is 5.58. The van der Waals surface area contributed by atoms with Crippen molar-refractivity contribution < 1.29 is 9.79 Å². The summed E-state index contributed by atoms with van der Waals surface area (Å²) in [5.41, 5.74) is 0. The van der Waals surface area contributed by atoms with E-state index in [0.29, 0.717) is 5.30 Å². The molecule has 0 saturated heterocycles. The molecule has 1 aromatic rings. The Morgan fingerprint density at radius 1 is 1.10 bits per heavy atom. The summed E-state index contributed by atoms with van der Waals surface area (Å²) in [6, 6.07) is 8.58. The normalized spacial score (nSPS) is 11.5. The third kappa shape index (κ3) is 1.96. The molecule has 2 nitrogen and oxygen atoms in total. The zero-order valence-electron chi connectivity index (χ0n) is 5.18. The topological polar surface area (TPSA) is 40.5 Å². The van der Waals surface area contributed by atoms with Crippen LogP contribution < -0.4 is 5.30 Å². The molecule has 0 saturated carbocycles. The molecule has 0 aliphatic heterocycles. The minimum absolute atomic E-state index is 0.485. The highest BCUT2D eigenvalue weighted by Gasteiger charge is 2.30. The lowest BCUT2D eigenvalue weighted by Crippen LogP contribution is -2.03. The van der Waals surface area contributed by atoms with Crippen molar-refractivity contribution in [3.63, 3.8) is 0 Å². The van der Waals surface area contributed by atoms with Crippen LogP contribution in [0.25, 0.3) is 0 Å². The van der Waals surface area contributed by atoms with E-state index in [1.807, 2.05) is 6.07 Å². The quantitative estimate of drug-likeness (QED) is 0.440. The Hall–Kier alpha value is -0.0800. The number of hydrogen-bond donors (Lipinski definition) is 3. The lowest BCUT2D eigenvalue weighted by molar-refractivity contribution is 0.489. The Balaban J connectivity index is 2.97. The molecule has 1 aromatic carbocycles. The fourth-order valence-corrected chi connectivity index (χ4v) is 1.60. The van der Waals surface area contributed by atoms with Crippen LogP contribution in [0.1, 0.15) is 0 Å². The Morgan fingerprint density at radius 3 is 1.90 bits per heavy atom. The van der Waals surface area contributed by atoms with Gasteiger partial charge in [0.2, 0.25) is 0 Å². The maximum atomic E-state index is 9.02. The smallest absolute Gasteiger partial charge is 0.204 e. The van der Waals surface area contributed by atoms with Crippen molar-refractivity contribution in [3.05, 3.63) is 30.3 Å². The first-order valence-electron chi connectivity index (χ1n) is 2.73. The predicted octanol–water partition coefficient (Wildman–Crippen LogP) is 0.989. The minimum Gasteiger partial charge on any atom is -0.204 e. The van der Waals surface area contributed by atoms with Gasteiger partial charge in [0.05, 0.1) is 12.2 Å². The Kier molecular flexibility index (Phi) is 2.32. The average molecular weight is 175 g/mol. The molecule has 0 fully saturated rings. The van der Waals surface area contributed by atoms with Crippen LogP contribution in [-0.4, -0.2) is 9.79 Å². The summed E-state index contributed by atoms with van der Waals surface area (Å²) < 4.78 is 0. The minimum atomic E-state index is -3.07. The van der Waals surface area contributed by atoms with Crippen molar-refractivity contribution >= 4 is 24.5 Å². The van der Waals surface area contributed by atoms with Crippen molar-refractivity contribution in [2.45, 2.75) is 0 Å². The van der Waals surface area contributed by atoms with Crippen molar-refractivity contribution in [1.82, 2.24) is 0 Å². The van der Waals surface area contributed by atoms with Gasteiger partial charge in [-0.25, -0.2) is 9.79 Å². The highest BCUT2D eigenvalue weighted by atomic mass is 32.7. The molecular formula is C6H8O2PS+. The molecule has 0 amide bonds. The molecule has 1 rings (SSSR count). The largest absolute Gasteiger partial charge is 0.357 e. The molecule has 0 aliphatic rings. The van der Waals surface area contributed by atoms with Gasteiger partial charge in [0, 0.05) is 0 Å². The molecule has 0 aliphatic carbocycles. The van der Waals surface area contributed by atoms with Crippen LogP contribution in [-0.2, 0) is 0 Å². The van der Waals surface area contributed by atoms with E-state index in [1.54, 1.807) is 24.3 Å². The molecule has 0 bridgehead atoms. The first kappa shape index (κ1) is 8.02. The van der Waals surface area contributed by atoms with Gasteiger partial charge in [-0.3, -0.25) is 0 Å². The van der Waals surface area contributed by atoms with Crippen LogP contribution in [0.2, 0.25) is 0 Å². The van der Waals surface area contributed by atoms with Crippen LogP contribution in [0.3, 0.4) is 0 Å². The molecule has 0 atom stereocenters.